The first-order chi connectivity index (χ1) is 11.4. The maximum atomic E-state index is 13.5. The molecule has 0 atom stereocenters. The highest BCUT2D eigenvalue weighted by molar-refractivity contribution is 7.87. The highest BCUT2D eigenvalue weighted by Crippen LogP contribution is 2.29. The van der Waals surface area contributed by atoms with Crippen molar-refractivity contribution < 1.29 is 47.5 Å². The molecule has 6 nitrogen and oxygen atoms in total. The Hall–Kier alpha value is -2.25. The van der Waals surface area contributed by atoms with Gasteiger partial charge in [-0.05, 0) is 24.3 Å². The molecule has 0 saturated carbocycles. The molecule has 0 unspecified atom stereocenters. The predicted molar refractivity (Wildman–Crippen MR) is 70.3 cm³/mol. The van der Waals surface area contributed by atoms with Gasteiger partial charge in [0.25, 0.3) is 10.1 Å². The number of benzene rings is 2. The molecule has 0 bridgehead atoms. The van der Waals surface area contributed by atoms with E-state index in [4.69, 9.17) is 4.55 Å². The first kappa shape index (κ1) is 19.1. The smallest absolute Gasteiger partial charge is 0.345 e. The summed E-state index contributed by atoms with van der Waals surface area (Å²) in [5, 5.41) is 0. The van der Waals surface area contributed by atoms with Crippen LogP contribution in [0.4, 0.5) is 22.0 Å². The maximum Gasteiger partial charge on any atom is 0.345 e. The molecule has 0 spiro atoms. The molecule has 0 amide bonds. The molecular weight excluding hydrogens is 399 g/mol. The van der Waals surface area contributed by atoms with E-state index in [0.29, 0.717) is 24.3 Å². The van der Waals surface area contributed by atoms with Gasteiger partial charge in [0, 0.05) is 0 Å². The molecule has 0 aromatic heterocycles. The van der Waals surface area contributed by atoms with Crippen LogP contribution in [0.3, 0.4) is 0 Å². The fraction of sp³-hybridized carbons (Fsp3) is 0. The van der Waals surface area contributed by atoms with Crippen LogP contribution in [0.15, 0.2) is 34.1 Å². The van der Waals surface area contributed by atoms with Crippen LogP contribution in [0.5, 0.6) is 5.75 Å². The Balaban J connectivity index is 2.51. The van der Waals surface area contributed by atoms with Crippen molar-refractivity contribution in [2.24, 2.45) is 0 Å². The maximum absolute atomic E-state index is 13.5. The quantitative estimate of drug-likeness (QED) is 0.276. The van der Waals surface area contributed by atoms with Crippen molar-refractivity contribution in [3.05, 3.63) is 53.4 Å². The third-order valence-corrected chi connectivity index (χ3v) is 4.89. The molecule has 1 N–H and O–H groups in total. The zero-order chi connectivity index (χ0) is 19.2. The lowest BCUT2D eigenvalue weighted by Gasteiger charge is -2.10. The molecule has 0 fully saturated rings. The van der Waals surface area contributed by atoms with Crippen LogP contribution >= 0.6 is 0 Å². The molecule has 0 radical (unpaired) electrons. The molecule has 0 aliphatic carbocycles. The lowest BCUT2D eigenvalue weighted by atomic mass is 10.3. The van der Waals surface area contributed by atoms with E-state index in [0.717, 1.165) is 0 Å². The van der Waals surface area contributed by atoms with Crippen molar-refractivity contribution in [3.8, 4) is 5.75 Å². The lowest BCUT2D eigenvalue weighted by molar-refractivity contribution is 0.352. The average molecular weight is 404 g/mol. The monoisotopic (exact) mass is 404 g/mol. The largest absolute Gasteiger partial charge is 0.379 e. The van der Waals surface area contributed by atoms with Gasteiger partial charge in [0.2, 0.25) is 5.82 Å². The standard InChI is InChI=1S/C12H5F5O6S2/c13-7-8(14)10(16)12(11(17)9(7)15)25(21,22)23-5-1-3-6(4-2-5)24(18,19)20/h1-4H,(H,18,19,20). The van der Waals surface area contributed by atoms with Crippen molar-refractivity contribution in [1.82, 2.24) is 0 Å². The van der Waals surface area contributed by atoms with Gasteiger partial charge in [0.05, 0.1) is 4.90 Å². The summed E-state index contributed by atoms with van der Waals surface area (Å²) >= 11 is 0. The average Bonchev–Trinajstić information content (AvgIpc) is 2.50. The zero-order valence-corrected chi connectivity index (χ0v) is 13.1. The van der Waals surface area contributed by atoms with E-state index >= 15 is 0 Å². The SMILES string of the molecule is O=S(=O)(O)c1ccc(OS(=O)(=O)c2c(F)c(F)c(F)c(F)c2F)cc1. The summed E-state index contributed by atoms with van der Waals surface area (Å²) < 4.78 is 124. The Morgan fingerprint density at radius 3 is 1.52 bits per heavy atom. The second kappa shape index (κ2) is 6.24. The predicted octanol–water partition coefficient (Wildman–Crippen LogP) is 2.40. The van der Waals surface area contributed by atoms with E-state index in [1.165, 1.54) is 0 Å². The van der Waals surface area contributed by atoms with Crippen LogP contribution in [-0.4, -0.2) is 21.4 Å². The topological polar surface area (TPSA) is 97.7 Å². The van der Waals surface area contributed by atoms with Gasteiger partial charge in [-0.1, -0.05) is 0 Å². The zero-order valence-electron chi connectivity index (χ0n) is 11.5. The van der Waals surface area contributed by atoms with Gasteiger partial charge < -0.3 is 4.18 Å². The van der Waals surface area contributed by atoms with Crippen molar-refractivity contribution >= 4 is 20.2 Å². The number of halogens is 5. The molecule has 2 aromatic rings. The Kier molecular flexibility index (Phi) is 4.76. The molecule has 2 rings (SSSR count). The Morgan fingerprint density at radius 1 is 0.720 bits per heavy atom. The number of hydrogen-bond donors (Lipinski definition) is 1. The first-order valence-corrected chi connectivity index (χ1v) is 8.74. The van der Waals surface area contributed by atoms with E-state index < -0.39 is 64.9 Å². The van der Waals surface area contributed by atoms with Gasteiger partial charge in [-0.2, -0.15) is 16.8 Å². The summed E-state index contributed by atoms with van der Waals surface area (Å²) in [5.74, 6) is -13.5. The van der Waals surface area contributed by atoms with E-state index in [1.54, 1.807) is 0 Å². The molecule has 13 heteroatoms. The van der Waals surface area contributed by atoms with Crippen molar-refractivity contribution in [1.29, 1.82) is 0 Å². The van der Waals surface area contributed by atoms with Gasteiger partial charge in [-0.15, -0.1) is 0 Å². The second-order valence-corrected chi connectivity index (χ2v) is 7.29. The third kappa shape index (κ3) is 3.57. The molecule has 25 heavy (non-hydrogen) atoms. The van der Waals surface area contributed by atoms with Gasteiger partial charge in [-0.3, -0.25) is 4.55 Å². The van der Waals surface area contributed by atoms with Gasteiger partial charge in [0.1, 0.15) is 5.75 Å². The summed E-state index contributed by atoms with van der Waals surface area (Å²) in [4.78, 5) is -2.86. The first-order valence-electron chi connectivity index (χ1n) is 5.89. The summed E-state index contributed by atoms with van der Waals surface area (Å²) in [6, 6.07) is 2.71. The van der Waals surface area contributed by atoms with Gasteiger partial charge in [-0.25, -0.2) is 22.0 Å². The minimum atomic E-state index is -5.49. The minimum absolute atomic E-state index is 0.659. The highest BCUT2D eigenvalue weighted by atomic mass is 32.2. The molecule has 0 saturated heterocycles. The van der Waals surface area contributed by atoms with Gasteiger partial charge >= 0.3 is 10.1 Å². The van der Waals surface area contributed by atoms with Crippen molar-refractivity contribution in [2.45, 2.75) is 9.79 Å². The van der Waals surface area contributed by atoms with Crippen LogP contribution in [0, 0.1) is 29.1 Å². The second-order valence-electron chi connectivity index (χ2n) is 4.38. The van der Waals surface area contributed by atoms with Crippen molar-refractivity contribution in [2.75, 3.05) is 0 Å². The molecule has 136 valence electrons. The summed E-state index contributed by atoms with van der Waals surface area (Å²) in [6.07, 6.45) is 0. The van der Waals surface area contributed by atoms with E-state index in [9.17, 15) is 38.8 Å². The fourth-order valence-corrected chi connectivity index (χ4v) is 3.19. The highest BCUT2D eigenvalue weighted by Gasteiger charge is 2.35. The Bertz CT molecular complexity index is 1020. The molecular formula is C12H5F5O6S2. The van der Waals surface area contributed by atoms with E-state index in [2.05, 4.69) is 4.18 Å². The Labute approximate surface area is 137 Å². The van der Waals surface area contributed by atoms with Crippen molar-refractivity contribution in [3.63, 3.8) is 0 Å². The fourth-order valence-electron chi connectivity index (χ4n) is 1.64. The third-order valence-electron chi connectivity index (χ3n) is 2.75. The van der Waals surface area contributed by atoms with E-state index in [-0.39, 0.29) is 0 Å². The summed E-state index contributed by atoms with van der Waals surface area (Å²) in [6.45, 7) is 0. The van der Waals surface area contributed by atoms with Crippen LogP contribution < -0.4 is 4.18 Å². The minimum Gasteiger partial charge on any atom is -0.379 e. The van der Waals surface area contributed by atoms with Crippen LogP contribution in [-0.2, 0) is 20.2 Å². The lowest BCUT2D eigenvalue weighted by Crippen LogP contribution is -2.17. The van der Waals surface area contributed by atoms with Crippen LogP contribution in [0.25, 0.3) is 0 Å². The molecule has 0 heterocycles. The Morgan fingerprint density at radius 2 is 1.12 bits per heavy atom. The van der Waals surface area contributed by atoms with Crippen LogP contribution in [0.2, 0.25) is 0 Å². The molecule has 0 aliphatic heterocycles. The van der Waals surface area contributed by atoms with Crippen LogP contribution in [0.1, 0.15) is 0 Å². The summed E-state index contributed by atoms with van der Waals surface area (Å²) in [7, 11) is -10.1. The normalized spacial score (nSPS) is 12.2. The summed E-state index contributed by atoms with van der Waals surface area (Å²) in [5.41, 5.74) is 0. The molecule has 2 aromatic carbocycles. The number of hydrogen-bond acceptors (Lipinski definition) is 5. The van der Waals surface area contributed by atoms with E-state index in [1.807, 2.05) is 0 Å². The molecule has 0 aliphatic rings. The number of rotatable bonds is 4. The van der Waals surface area contributed by atoms with Gasteiger partial charge in [0.15, 0.2) is 28.2 Å².